The predicted molar refractivity (Wildman–Crippen MR) is 68.5 cm³/mol. The van der Waals surface area contributed by atoms with Crippen molar-refractivity contribution in [3.8, 4) is 0 Å². The van der Waals surface area contributed by atoms with Crippen LogP contribution in [0, 0.1) is 0 Å². The third-order valence-corrected chi connectivity index (χ3v) is 2.85. The first-order valence-electron chi connectivity index (χ1n) is 5.15. The number of hydrogen-bond donors (Lipinski definition) is 0. The first-order chi connectivity index (χ1) is 8.09. The minimum Gasteiger partial charge on any atom is -0.273 e. The summed E-state index contributed by atoms with van der Waals surface area (Å²) in [5, 5.41) is 1.01. The van der Waals surface area contributed by atoms with Gasteiger partial charge in [-0.15, -0.1) is 0 Å². The van der Waals surface area contributed by atoms with Crippen molar-refractivity contribution in [2.24, 2.45) is 0 Å². The van der Waals surface area contributed by atoms with E-state index in [4.69, 9.17) is 11.6 Å². The van der Waals surface area contributed by atoms with Gasteiger partial charge < -0.3 is 0 Å². The number of carbonyl (C=O) groups is 1. The Balaban J connectivity index is 2.57. The lowest BCUT2D eigenvalue weighted by Gasteiger charge is -2.04. The van der Waals surface area contributed by atoms with Crippen molar-refractivity contribution >= 4 is 33.2 Å². The summed E-state index contributed by atoms with van der Waals surface area (Å²) in [6, 6.07) is 13.3. The molecule has 0 heterocycles. The number of rotatable bonds is 2. The van der Waals surface area contributed by atoms with Crippen molar-refractivity contribution < 1.29 is 9.18 Å². The van der Waals surface area contributed by atoms with Gasteiger partial charge in [-0.2, -0.15) is 0 Å². The first-order valence-corrected chi connectivity index (χ1v) is 5.53. The van der Waals surface area contributed by atoms with E-state index in [1.54, 1.807) is 13.0 Å². The highest BCUT2D eigenvalue weighted by Gasteiger charge is 2.11. The number of fused-ring (bicyclic) bond motifs is 1. The monoisotopic (exact) mass is 248 g/mol. The molecule has 2 rings (SSSR count). The molecule has 2 aromatic carbocycles. The molecule has 0 atom stereocenters. The average Bonchev–Trinajstić information content (AvgIpc) is 2.36. The van der Waals surface area contributed by atoms with Crippen LogP contribution in [-0.2, 0) is 4.79 Å². The van der Waals surface area contributed by atoms with Gasteiger partial charge in [0, 0.05) is 0 Å². The molecule has 0 amide bonds. The number of hydrogen-bond acceptors (Lipinski definition) is 1. The van der Waals surface area contributed by atoms with Crippen LogP contribution < -0.4 is 0 Å². The Morgan fingerprint density at radius 1 is 1.12 bits per heavy atom. The average molecular weight is 249 g/mol. The summed E-state index contributed by atoms with van der Waals surface area (Å²) in [7, 11) is 0. The minimum absolute atomic E-state index is 0.260. The zero-order chi connectivity index (χ0) is 12.4. The Morgan fingerprint density at radius 3 is 2.41 bits per heavy atom. The minimum atomic E-state index is -1.06. The number of allylic oxidation sites excluding steroid dienone is 2. The molecule has 3 heteroatoms. The lowest BCUT2D eigenvalue weighted by molar-refractivity contribution is -0.109. The van der Waals surface area contributed by atoms with Crippen molar-refractivity contribution in [1.29, 1.82) is 0 Å². The molecule has 0 saturated carbocycles. The largest absolute Gasteiger partial charge is 0.281 e. The van der Waals surface area contributed by atoms with E-state index in [2.05, 4.69) is 0 Å². The number of benzene rings is 2. The van der Waals surface area contributed by atoms with Crippen molar-refractivity contribution in [3.63, 3.8) is 0 Å². The smallest absolute Gasteiger partial charge is 0.273 e. The summed E-state index contributed by atoms with van der Waals surface area (Å²) in [4.78, 5) is 10.8. The highest BCUT2D eigenvalue weighted by molar-refractivity contribution is 6.67. The Kier molecular flexibility index (Phi) is 3.25. The third-order valence-electron chi connectivity index (χ3n) is 2.68. The SMILES string of the molecule is CC(=C(F)C(=O)Cl)c1ccc2ccccc2c1. The lowest BCUT2D eigenvalue weighted by Crippen LogP contribution is -1.91. The van der Waals surface area contributed by atoms with Gasteiger partial charge in [0.1, 0.15) is 0 Å². The molecule has 0 fully saturated rings. The summed E-state index contributed by atoms with van der Waals surface area (Å²) < 4.78 is 13.4. The fraction of sp³-hybridized carbons (Fsp3) is 0.0714. The molecule has 0 aliphatic carbocycles. The topological polar surface area (TPSA) is 17.1 Å². The highest BCUT2D eigenvalue weighted by Crippen LogP contribution is 2.24. The molecule has 0 bridgehead atoms. The van der Waals surface area contributed by atoms with Crippen molar-refractivity contribution in [3.05, 3.63) is 53.9 Å². The van der Waals surface area contributed by atoms with Gasteiger partial charge in [-0.25, -0.2) is 4.39 Å². The maximum Gasteiger partial charge on any atom is 0.281 e. The summed E-state index contributed by atoms with van der Waals surface area (Å²) in [5.74, 6) is -0.901. The fourth-order valence-corrected chi connectivity index (χ4v) is 1.84. The molecule has 0 unspecified atom stereocenters. The van der Waals surface area contributed by atoms with E-state index < -0.39 is 11.1 Å². The lowest BCUT2D eigenvalue weighted by atomic mass is 10.0. The van der Waals surface area contributed by atoms with Crippen LogP contribution in [0.5, 0.6) is 0 Å². The van der Waals surface area contributed by atoms with Gasteiger partial charge >= 0.3 is 0 Å². The van der Waals surface area contributed by atoms with Gasteiger partial charge in [0.15, 0.2) is 5.83 Å². The third kappa shape index (κ3) is 2.37. The van der Waals surface area contributed by atoms with Crippen LogP contribution in [-0.4, -0.2) is 5.24 Å². The van der Waals surface area contributed by atoms with E-state index in [1.807, 2.05) is 36.4 Å². The Bertz CT molecular complexity index is 616. The maximum absolute atomic E-state index is 13.4. The Labute approximate surface area is 104 Å². The van der Waals surface area contributed by atoms with Gasteiger partial charge in [-0.05, 0) is 46.5 Å². The summed E-state index contributed by atoms with van der Waals surface area (Å²) >= 11 is 5.12. The maximum atomic E-state index is 13.4. The van der Waals surface area contributed by atoms with Crippen molar-refractivity contribution in [2.75, 3.05) is 0 Å². The molecule has 17 heavy (non-hydrogen) atoms. The van der Waals surface area contributed by atoms with Crippen molar-refractivity contribution in [1.82, 2.24) is 0 Å². The molecule has 0 radical (unpaired) electrons. The second-order valence-corrected chi connectivity index (χ2v) is 4.12. The van der Waals surface area contributed by atoms with Gasteiger partial charge in [-0.1, -0.05) is 36.4 Å². The van der Waals surface area contributed by atoms with E-state index in [0.29, 0.717) is 5.56 Å². The summed E-state index contributed by atoms with van der Waals surface area (Å²) in [5.41, 5.74) is 0.922. The van der Waals surface area contributed by atoms with Crippen LogP contribution in [0.1, 0.15) is 12.5 Å². The molecule has 0 saturated heterocycles. The second-order valence-electron chi connectivity index (χ2n) is 3.77. The zero-order valence-corrected chi connectivity index (χ0v) is 9.96. The van der Waals surface area contributed by atoms with E-state index >= 15 is 0 Å². The predicted octanol–water partition coefficient (Wildman–Crippen LogP) is 4.31. The van der Waals surface area contributed by atoms with E-state index in [0.717, 1.165) is 10.8 Å². The molecular formula is C14H10ClFO. The molecular weight excluding hydrogens is 239 g/mol. The van der Waals surface area contributed by atoms with Crippen LogP contribution in [0.15, 0.2) is 48.3 Å². The van der Waals surface area contributed by atoms with Gasteiger partial charge in [0.25, 0.3) is 5.24 Å². The Morgan fingerprint density at radius 2 is 1.76 bits per heavy atom. The quantitative estimate of drug-likeness (QED) is 0.572. The van der Waals surface area contributed by atoms with E-state index in [-0.39, 0.29) is 5.57 Å². The van der Waals surface area contributed by atoms with E-state index in [1.165, 1.54) is 0 Å². The van der Waals surface area contributed by atoms with Gasteiger partial charge in [0.2, 0.25) is 0 Å². The first kappa shape index (κ1) is 11.8. The van der Waals surface area contributed by atoms with Crippen LogP contribution >= 0.6 is 11.6 Å². The zero-order valence-electron chi connectivity index (χ0n) is 9.21. The molecule has 0 spiro atoms. The number of halogens is 2. The molecule has 86 valence electrons. The fourth-order valence-electron chi connectivity index (χ4n) is 1.70. The van der Waals surface area contributed by atoms with E-state index in [9.17, 15) is 9.18 Å². The molecule has 0 N–H and O–H groups in total. The second kappa shape index (κ2) is 4.68. The van der Waals surface area contributed by atoms with Crippen LogP contribution in [0.4, 0.5) is 4.39 Å². The van der Waals surface area contributed by atoms with Crippen LogP contribution in [0.2, 0.25) is 0 Å². The molecule has 1 nitrogen and oxygen atoms in total. The Hall–Kier alpha value is -1.67. The molecule has 0 aliphatic heterocycles. The van der Waals surface area contributed by atoms with Gasteiger partial charge in [0.05, 0.1) is 0 Å². The highest BCUT2D eigenvalue weighted by atomic mass is 35.5. The normalized spacial score (nSPS) is 12.4. The number of carbonyl (C=O) groups excluding carboxylic acids is 1. The molecule has 0 aromatic heterocycles. The van der Waals surface area contributed by atoms with Gasteiger partial charge in [-0.3, -0.25) is 4.79 Å². The standard InChI is InChI=1S/C14H10ClFO/c1-9(13(16)14(15)17)11-7-6-10-4-2-3-5-12(10)8-11/h2-8H,1H3. The van der Waals surface area contributed by atoms with Crippen LogP contribution in [0.3, 0.4) is 0 Å². The summed E-state index contributed by atoms with van der Waals surface area (Å²) in [6.45, 7) is 1.54. The van der Waals surface area contributed by atoms with Crippen molar-refractivity contribution in [2.45, 2.75) is 6.92 Å². The van der Waals surface area contributed by atoms with Crippen LogP contribution in [0.25, 0.3) is 16.3 Å². The summed E-state index contributed by atoms with van der Waals surface area (Å²) in [6.07, 6.45) is 0. The molecule has 2 aromatic rings. The molecule has 0 aliphatic rings.